The molecule has 0 saturated heterocycles. The van der Waals surface area contributed by atoms with Gasteiger partial charge in [0.1, 0.15) is 5.65 Å². The van der Waals surface area contributed by atoms with E-state index in [1.165, 1.54) is 5.56 Å². The van der Waals surface area contributed by atoms with Crippen molar-refractivity contribution < 1.29 is 9.90 Å². The van der Waals surface area contributed by atoms with Crippen molar-refractivity contribution in [3.8, 4) is 0 Å². The highest BCUT2D eigenvalue weighted by Crippen LogP contribution is 2.24. The molecular weight excluding hydrogens is 310 g/mol. The number of aliphatic hydroxyl groups excluding tert-OH is 1. The van der Waals surface area contributed by atoms with Crippen molar-refractivity contribution in [2.75, 3.05) is 12.3 Å². The van der Waals surface area contributed by atoms with Crippen LogP contribution >= 0.6 is 11.8 Å². The maximum atomic E-state index is 11.9. The minimum atomic E-state index is -0.246. The molecule has 0 bridgehead atoms. The molecule has 0 aromatic carbocycles. The summed E-state index contributed by atoms with van der Waals surface area (Å²) in [5.41, 5.74) is 3.12. The molecular formula is C17H23N3O2S. The fourth-order valence-electron chi connectivity index (χ4n) is 3.02. The van der Waals surface area contributed by atoms with Crippen molar-refractivity contribution >= 4 is 23.3 Å². The molecule has 5 nitrogen and oxygen atoms in total. The summed E-state index contributed by atoms with van der Waals surface area (Å²) in [4.78, 5) is 16.4. The number of carbonyl (C=O) groups excluding carboxylic acids is 1. The summed E-state index contributed by atoms with van der Waals surface area (Å²) in [7, 11) is 0. The molecule has 2 N–H and O–H groups in total. The first-order valence-electron chi connectivity index (χ1n) is 8.08. The van der Waals surface area contributed by atoms with Crippen molar-refractivity contribution in [1.29, 1.82) is 0 Å². The highest BCUT2D eigenvalue weighted by molar-refractivity contribution is 7.99. The van der Waals surface area contributed by atoms with Crippen LogP contribution in [0.5, 0.6) is 0 Å². The van der Waals surface area contributed by atoms with Crippen LogP contribution in [-0.2, 0) is 10.5 Å². The van der Waals surface area contributed by atoms with Crippen LogP contribution in [0.2, 0.25) is 0 Å². The van der Waals surface area contributed by atoms with Crippen LogP contribution < -0.4 is 5.32 Å². The summed E-state index contributed by atoms with van der Waals surface area (Å²) in [6.07, 6.45) is 6.75. The summed E-state index contributed by atoms with van der Waals surface area (Å²) in [6, 6.07) is 4.05. The number of nitrogens with one attached hydrogen (secondary N) is 1. The predicted molar refractivity (Wildman–Crippen MR) is 92.4 cm³/mol. The monoisotopic (exact) mass is 333 g/mol. The van der Waals surface area contributed by atoms with Crippen LogP contribution in [-0.4, -0.2) is 38.8 Å². The molecule has 2 atom stereocenters. The van der Waals surface area contributed by atoms with E-state index >= 15 is 0 Å². The van der Waals surface area contributed by atoms with E-state index in [9.17, 15) is 9.90 Å². The molecule has 0 spiro atoms. The zero-order valence-electron chi connectivity index (χ0n) is 13.4. The van der Waals surface area contributed by atoms with Crippen LogP contribution in [0.3, 0.4) is 0 Å². The van der Waals surface area contributed by atoms with Gasteiger partial charge in [0.25, 0.3) is 0 Å². The average molecular weight is 333 g/mol. The third-order valence-corrected chi connectivity index (χ3v) is 5.28. The second-order valence-corrected chi connectivity index (χ2v) is 7.24. The topological polar surface area (TPSA) is 66.6 Å². The Balaban J connectivity index is 1.42. The van der Waals surface area contributed by atoms with Crippen molar-refractivity contribution in [3.05, 3.63) is 35.8 Å². The van der Waals surface area contributed by atoms with Crippen molar-refractivity contribution in [2.45, 2.75) is 38.0 Å². The van der Waals surface area contributed by atoms with E-state index in [1.54, 1.807) is 11.8 Å². The Morgan fingerprint density at radius 1 is 1.43 bits per heavy atom. The molecule has 3 rings (SSSR count). The summed E-state index contributed by atoms with van der Waals surface area (Å²) in [6.45, 7) is 2.65. The summed E-state index contributed by atoms with van der Waals surface area (Å²) >= 11 is 1.57. The van der Waals surface area contributed by atoms with Gasteiger partial charge < -0.3 is 14.8 Å². The lowest BCUT2D eigenvalue weighted by Crippen LogP contribution is -2.33. The van der Waals surface area contributed by atoms with E-state index in [0.717, 1.165) is 36.4 Å². The summed E-state index contributed by atoms with van der Waals surface area (Å²) < 4.78 is 2.02. The van der Waals surface area contributed by atoms with E-state index in [-0.39, 0.29) is 17.9 Å². The molecule has 0 aliphatic heterocycles. The Morgan fingerprint density at radius 3 is 3.09 bits per heavy atom. The number of aliphatic hydroxyl groups is 1. The second kappa shape index (κ2) is 7.36. The molecule has 2 aromatic heterocycles. The van der Waals surface area contributed by atoms with Crippen LogP contribution in [0.1, 0.15) is 30.5 Å². The molecule has 2 unspecified atom stereocenters. The SMILES string of the molecule is Cc1ccc2nc(CSCC(=O)NCC3CCCC3O)cn2c1. The number of pyridine rings is 1. The minimum absolute atomic E-state index is 0.0358. The standard InChI is InChI=1S/C17H23N3O2S/c1-12-5-6-16-19-14(9-20(16)8-12)10-23-11-17(22)18-7-13-3-2-4-15(13)21/h5-6,8-9,13,15,21H,2-4,7,10-11H2,1H3,(H,18,22). The first-order chi connectivity index (χ1) is 11.1. The number of thioether (sulfide) groups is 1. The number of carbonyl (C=O) groups is 1. The molecule has 23 heavy (non-hydrogen) atoms. The van der Waals surface area contributed by atoms with Crippen LogP contribution in [0, 0.1) is 12.8 Å². The maximum Gasteiger partial charge on any atom is 0.230 e. The van der Waals surface area contributed by atoms with E-state index in [1.807, 2.05) is 22.7 Å². The zero-order valence-corrected chi connectivity index (χ0v) is 14.2. The average Bonchev–Trinajstić information content (AvgIpc) is 3.10. The number of nitrogens with zero attached hydrogens (tertiary/aromatic N) is 2. The fourth-order valence-corrected chi connectivity index (χ4v) is 3.76. The van der Waals surface area contributed by atoms with Gasteiger partial charge in [-0.2, -0.15) is 0 Å². The lowest BCUT2D eigenvalue weighted by molar-refractivity contribution is -0.118. The van der Waals surface area contributed by atoms with Gasteiger partial charge in [0.15, 0.2) is 0 Å². The number of hydrogen-bond acceptors (Lipinski definition) is 4. The largest absolute Gasteiger partial charge is 0.393 e. The number of fused-ring (bicyclic) bond motifs is 1. The summed E-state index contributed by atoms with van der Waals surface area (Å²) in [5.74, 6) is 1.41. The Bertz CT molecular complexity index is 686. The Labute approximate surface area is 140 Å². The zero-order chi connectivity index (χ0) is 16.2. The number of rotatable bonds is 6. The number of hydrogen-bond donors (Lipinski definition) is 2. The lowest BCUT2D eigenvalue weighted by Gasteiger charge is -2.14. The minimum Gasteiger partial charge on any atom is -0.393 e. The highest BCUT2D eigenvalue weighted by atomic mass is 32.2. The molecule has 124 valence electrons. The fraction of sp³-hybridized carbons (Fsp3) is 0.529. The van der Waals surface area contributed by atoms with E-state index in [0.29, 0.717) is 12.3 Å². The number of imidazole rings is 1. The molecule has 0 radical (unpaired) electrons. The molecule has 1 fully saturated rings. The van der Waals surface area contributed by atoms with Gasteiger partial charge in [-0.1, -0.05) is 12.5 Å². The Kier molecular flexibility index (Phi) is 5.23. The molecule has 1 aliphatic carbocycles. The third-order valence-electron chi connectivity index (χ3n) is 4.31. The lowest BCUT2D eigenvalue weighted by atomic mass is 10.1. The van der Waals surface area contributed by atoms with Gasteiger partial charge in [-0.3, -0.25) is 4.79 Å². The van der Waals surface area contributed by atoms with Crippen molar-refractivity contribution in [1.82, 2.24) is 14.7 Å². The molecule has 1 saturated carbocycles. The third kappa shape index (κ3) is 4.26. The maximum absolute atomic E-state index is 11.9. The Hall–Kier alpha value is -1.53. The molecule has 2 heterocycles. The first kappa shape index (κ1) is 16.3. The first-order valence-corrected chi connectivity index (χ1v) is 9.24. The molecule has 6 heteroatoms. The molecule has 2 aromatic rings. The number of aromatic nitrogens is 2. The van der Waals surface area contributed by atoms with Gasteiger partial charge >= 0.3 is 0 Å². The smallest absolute Gasteiger partial charge is 0.230 e. The van der Waals surface area contributed by atoms with Gasteiger partial charge in [0, 0.05) is 30.6 Å². The number of amides is 1. The van der Waals surface area contributed by atoms with E-state index < -0.39 is 0 Å². The quantitative estimate of drug-likeness (QED) is 0.850. The van der Waals surface area contributed by atoms with Crippen LogP contribution in [0.25, 0.3) is 5.65 Å². The Morgan fingerprint density at radius 2 is 2.30 bits per heavy atom. The second-order valence-electron chi connectivity index (χ2n) is 6.26. The highest BCUT2D eigenvalue weighted by Gasteiger charge is 2.25. The van der Waals surface area contributed by atoms with Gasteiger partial charge in [-0.05, 0) is 31.4 Å². The van der Waals surface area contributed by atoms with Gasteiger partial charge in [-0.15, -0.1) is 11.8 Å². The van der Waals surface area contributed by atoms with Crippen molar-refractivity contribution in [3.63, 3.8) is 0 Å². The molecule has 1 amide bonds. The van der Waals surface area contributed by atoms with E-state index in [2.05, 4.69) is 23.4 Å². The van der Waals surface area contributed by atoms with Crippen LogP contribution in [0.15, 0.2) is 24.5 Å². The van der Waals surface area contributed by atoms with Gasteiger partial charge in [-0.25, -0.2) is 4.98 Å². The van der Waals surface area contributed by atoms with E-state index in [4.69, 9.17) is 0 Å². The van der Waals surface area contributed by atoms with Crippen molar-refractivity contribution in [2.24, 2.45) is 5.92 Å². The normalized spacial score (nSPS) is 21.0. The van der Waals surface area contributed by atoms with Crippen LogP contribution in [0.4, 0.5) is 0 Å². The molecule has 1 aliphatic rings. The predicted octanol–water partition coefficient (Wildman–Crippen LogP) is 2.15. The summed E-state index contributed by atoms with van der Waals surface area (Å²) in [5, 5.41) is 12.7. The van der Waals surface area contributed by atoms with Gasteiger partial charge in [0.2, 0.25) is 5.91 Å². The van der Waals surface area contributed by atoms with Gasteiger partial charge in [0.05, 0.1) is 17.6 Å². The number of aryl methyl sites for hydroxylation is 1.